The number of aliphatic hydroxyl groups excluding tert-OH is 1. The van der Waals surface area contributed by atoms with E-state index in [1.54, 1.807) is 10.9 Å². The van der Waals surface area contributed by atoms with E-state index in [4.69, 9.17) is 0 Å². The lowest BCUT2D eigenvalue weighted by atomic mass is 10.2. The molecule has 5 heteroatoms. The topological polar surface area (TPSA) is 50.9 Å². The van der Waals surface area contributed by atoms with Gasteiger partial charge in [-0.05, 0) is 48.3 Å². The van der Waals surface area contributed by atoms with E-state index in [2.05, 4.69) is 26.0 Å². The van der Waals surface area contributed by atoms with Gasteiger partial charge in [0.15, 0.2) is 5.82 Å². The molecule has 0 amide bonds. The third kappa shape index (κ3) is 2.12. The van der Waals surface area contributed by atoms with Crippen LogP contribution in [0.3, 0.4) is 0 Å². The molecular weight excluding hydrogens is 282 g/mol. The Morgan fingerprint density at radius 1 is 1.35 bits per heavy atom. The molecular formula is C12H14BrN3O. The zero-order valence-electron chi connectivity index (χ0n) is 10.0. The van der Waals surface area contributed by atoms with Gasteiger partial charge in [-0.3, -0.25) is 0 Å². The van der Waals surface area contributed by atoms with Gasteiger partial charge < -0.3 is 5.11 Å². The van der Waals surface area contributed by atoms with E-state index in [9.17, 15) is 5.11 Å². The number of pyridine rings is 1. The van der Waals surface area contributed by atoms with Crippen LogP contribution in [0.4, 0.5) is 0 Å². The van der Waals surface area contributed by atoms with E-state index in [0.717, 1.165) is 27.0 Å². The summed E-state index contributed by atoms with van der Waals surface area (Å²) in [4.78, 5) is 4.33. The van der Waals surface area contributed by atoms with Crippen molar-refractivity contribution < 1.29 is 5.11 Å². The fourth-order valence-electron chi connectivity index (χ4n) is 1.71. The van der Waals surface area contributed by atoms with Gasteiger partial charge in [0.05, 0.1) is 12.3 Å². The third-order valence-corrected chi connectivity index (χ3v) is 3.37. The highest BCUT2D eigenvalue weighted by Crippen LogP contribution is 2.21. The van der Waals surface area contributed by atoms with Gasteiger partial charge in [0.2, 0.25) is 0 Å². The van der Waals surface area contributed by atoms with Crippen LogP contribution < -0.4 is 0 Å². The minimum Gasteiger partial charge on any atom is -0.392 e. The quantitative estimate of drug-likeness (QED) is 0.926. The maximum Gasteiger partial charge on any atom is 0.159 e. The molecule has 0 saturated carbocycles. The summed E-state index contributed by atoms with van der Waals surface area (Å²) in [6.45, 7) is 5.95. The lowest BCUT2D eigenvalue weighted by Gasteiger charge is -2.08. The summed E-state index contributed by atoms with van der Waals surface area (Å²) in [5.74, 6) is 0.685. The largest absolute Gasteiger partial charge is 0.392 e. The normalized spacial score (nSPS) is 10.9. The van der Waals surface area contributed by atoms with Crippen LogP contribution in [0.2, 0.25) is 0 Å². The molecule has 17 heavy (non-hydrogen) atoms. The number of rotatable bonds is 2. The van der Waals surface area contributed by atoms with Gasteiger partial charge in [0.25, 0.3) is 0 Å². The van der Waals surface area contributed by atoms with Crippen molar-refractivity contribution in [2.45, 2.75) is 27.4 Å². The van der Waals surface area contributed by atoms with Crippen molar-refractivity contribution in [1.82, 2.24) is 14.8 Å². The maximum atomic E-state index is 9.37. The van der Waals surface area contributed by atoms with Crippen molar-refractivity contribution in [3.63, 3.8) is 0 Å². The van der Waals surface area contributed by atoms with Crippen LogP contribution in [0.15, 0.2) is 16.7 Å². The van der Waals surface area contributed by atoms with Gasteiger partial charge in [0, 0.05) is 21.9 Å². The Balaban J connectivity index is 2.64. The summed E-state index contributed by atoms with van der Waals surface area (Å²) in [6, 6.07) is 1.86. The number of aromatic nitrogens is 3. The molecule has 0 aromatic carbocycles. The first-order valence-electron chi connectivity index (χ1n) is 5.33. The fraction of sp³-hybridized carbons (Fsp3) is 0.333. The Hall–Kier alpha value is -1.20. The molecule has 4 nitrogen and oxygen atoms in total. The summed E-state index contributed by atoms with van der Waals surface area (Å²) >= 11 is 3.34. The van der Waals surface area contributed by atoms with Crippen molar-refractivity contribution >= 4 is 15.9 Å². The average Bonchev–Trinajstić information content (AvgIpc) is 2.57. The monoisotopic (exact) mass is 295 g/mol. The highest BCUT2D eigenvalue weighted by atomic mass is 79.9. The Morgan fingerprint density at radius 3 is 2.59 bits per heavy atom. The second-order valence-electron chi connectivity index (χ2n) is 4.00. The van der Waals surface area contributed by atoms with Crippen molar-refractivity contribution in [3.8, 4) is 5.82 Å². The molecule has 0 radical (unpaired) electrons. The molecule has 2 aromatic heterocycles. The van der Waals surface area contributed by atoms with Crippen LogP contribution >= 0.6 is 15.9 Å². The van der Waals surface area contributed by atoms with Crippen LogP contribution in [0.1, 0.15) is 22.5 Å². The van der Waals surface area contributed by atoms with E-state index in [-0.39, 0.29) is 6.61 Å². The zero-order chi connectivity index (χ0) is 12.6. The van der Waals surface area contributed by atoms with Crippen LogP contribution in [0.25, 0.3) is 5.82 Å². The molecule has 0 spiro atoms. The summed E-state index contributed by atoms with van der Waals surface area (Å²) < 4.78 is 2.63. The maximum absolute atomic E-state index is 9.37. The Labute approximate surface area is 108 Å². The first kappa shape index (κ1) is 12.3. The number of aliphatic hydroxyl groups is 1. The van der Waals surface area contributed by atoms with Crippen LogP contribution in [0.5, 0.6) is 0 Å². The van der Waals surface area contributed by atoms with E-state index in [1.165, 1.54) is 0 Å². The molecule has 0 saturated heterocycles. The summed E-state index contributed by atoms with van der Waals surface area (Å²) in [6.07, 6.45) is 1.71. The Bertz CT molecular complexity index is 563. The Morgan fingerprint density at radius 2 is 2.06 bits per heavy atom. The van der Waals surface area contributed by atoms with Crippen molar-refractivity contribution in [3.05, 3.63) is 39.3 Å². The molecule has 2 heterocycles. The molecule has 0 aliphatic heterocycles. The second-order valence-corrected chi connectivity index (χ2v) is 4.92. The molecule has 0 aliphatic carbocycles. The molecule has 90 valence electrons. The first-order chi connectivity index (χ1) is 8.04. The standard InChI is InChI=1S/C12H14BrN3O/c1-7-8(2)15-16(9(7)3)12-10(6-17)4-11(13)5-14-12/h4-5,17H,6H2,1-3H3. The van der Waals surface area contributed by atoms with Crippen LogP contribution in [-0.2, 0) is 6.61 Å². The smallest absolute Gasteiger partial charge is 0.159 e. The first-order valence-corrected chi connectivity index (χ1v) is 6.12. The van der Waals surface area contributed by atoms with Crippen molar-refractivity contribution in [1.29, 1.82) is 0 Å². The summed E-state index contributed by atoms with van der Waals surface area (Å²) in [5, 5.41) is 13.8. The molecule has 0 aliphatic rings. The predicted molar refractivity (Wildman–Crippen MR) is 69.2 cm³/mol. The molecule has 2 rings (SSSR count). The fourth-order valence-corrected chi connectivity index (χ4v) is 2.09. The SMILES string of the molecule is Cc1nn(-c2ncc(Br)cc2CO)c(C)c1C. The molecule has 0 unspecified atom stereocenters. The number of hydrogen-bond acceptors (Lipinski definition) is 3. The molecule has 2 aromatic rings. The number of hydrogen-bond donors (Lipinski definition) is 1. The van der Waals surface area contributed by atoms with Gasteiger partial charge in [-0.25, -0.2) is 9.67 Å². The minimum absolute atomic E-state index is 0.0564. The summed E-state index contributed by atoms with van der Waals surface area (Å²) in [7, 11) is 0. The molecule has 0 bridgehead atoms. The lowest BCUT2D eigenvalue weighted by molar-refractivity contribution is 0.280. The number of nitrogens with zero attached hydrogens (tertiary/aromatic N) is 3. The zero-order valence-corrected chi connectivity index (χ0v) is 11.6. The van der Waals surface area contributed by atoms with Crippen molar-refractivity contribution in [2.24, 2.45) is 0 Å². The van der Waals surface area contributed by atoms with Crippen LogP contribution in [-0.4, -0.2) is 19.9 Å². The average molecular weight is 296 g/mol. The van der Waals surface area contributed by atoms with E-state index in [0.29, 0.717) is 5.82 Å². The molecule has 0 fully saturated rings. The lowest BCUT2D eigenvalue weighted by Crippen LogP contribution is -2.06. The number of aryl methyl sites for hydroxylation is 1. The summed E-state index contributed by atoms with van der Waals surface area (Å²) in [5.41, 5.74) is 3.94. The highest BCUT2D eigenvalue weighted by Gasteiger charge is 2.13. The number of halogens is 1. The van der Waals surface area contributed by atoms with E-state index < -0.39 is 0 Å². The highest BCUT2D eigenvalue weighted by molar-refractivity contribution is 9.10. The van der Waals surface area contributed by atoms with Gasteiger partial charge >= 0.3 is 0 Å². The van der Waals surface area contributed by atoms with Crippen molar-refractivity contribution in [2.75, 3.05) is 0 Å². The van der Waals surface area contributed by atoms with E-state index in [1.807, 2.05) is 26.8 Å². The van der Waals surface area contributed by atoms with Crippen LogP contribution in [0, 0.1) is 20.8 Å². The van der Waals surface area contributed by atoms with Gasteiger partial charge in [0.1, 0.15) is 0 Å². The predicted octanol–water partition coefficient (Wildman–Crippen LogP) is 2.45. The molecule has 1 N–H and O–H groups in total. The minimum atomic E-state index is -0.0564. The molecule has 0 atom stereocenters. The van der Waals surface area contributed by atoms with E-state index >= 15 is 0 Å². The Kier molecular flexibility index (Phi) is 3.31. The third-order valence-electron chi connectivity index (χ3n) is 2.93. The van der Waals surface area contributed by atoms with Gasteiger partial charge in [-0.1, -0.05) is 0 Å². The van der Waals surface area contributed by atoms with Gasteiger partial charge in [-0.15, -0.1) is 0 Å². The van der Waals surface area contributed by atoms with Gasteiger partial charge in [-0.2, -0.15) is 5.10 Å². The second kappa shape index (κ2) is 4.58.